The van der Waals surface area contributed by atoms with Gasteiger partial charge in [-0.25, -0.2) is 4.79 Å². The quantitative estimate of drug-likeness (QED) is 0.471. The number of rotatable bonds is 4. The fourth-order valence-corrected chi connectivity index (χ4v) is 6.03. The van der Waals surface area contributed by atoms with Crippen LogP contribution in [0.15, 0.2) is 79.0 Å². The molecule has 6 rings (SSSR count). The number of furan rings is 1. The zero-order chi connectivity index (χ0) is 25.7. The van der Waals surface area contributed by atoms with Crippen LogP contribution in [0, 0.1) is 6.92 Å². The number of dihydropyridines is 1. The first kappa shape index (κ1) is 23.5. The van der Waals surface area contributed by atoms with Crippen LogP contribution in [0.5, 0.6) is 0 Å². The van der Waals surface area contributed by atoms with Gasteiger partial charge >= 0.3 is 5.97 Å². The van der Waals surface area contributed by atoms with E-state index in [1.165, 1.54) is 6.26 Å². The van der Waals surface area contributed by atoms with Crippen molar-refractivity contribution in [2.75, 3.05) is 0 Å². The van der Waals surface area contributed by atoms with Gasteiger partial charge in [-0.05, 0) is 70.2 Å². The van der Waals surface area contributed by atoms with E-state index >= 15 is 0 Å². The Morgan fingerprint density at radius 3 is 2.62 bits per heavy atom. The van der Waals surface area contributed by atoms with Gasteiger partial charge in [0, 0.05) is 34.9 Å². The van der Waals surface area contributed by atoms with Crippen molar-refractivity contribution in [1.29, 1.82) is 0 Å². The third-order valence-corrected chi connectivity index (χ3v) is 7.83. The molecule has 1 saturated carbocycles. The summed E-state index contributed by atoms with van der Waals surface area (Å²) in [6, 6.07) is 9.11. The van der Waals surface area contributed by atoms with Crippen molar-refractivity contribution in [2.24, 2.45) is 0 Å². The number of fused-ring (bicyclic) bond motifs is 1. The van der Waals surface area contributed by atoms with Gasteiger partial charge in [0.05, 0.1) is 29.4 Å². The monoisotopic (exact) mass is 499 g/mol. The van der Waals surface area contributed by atoms with E-state index in [4.69, 9.17) is 13.6 Å². The molecule has 0 unspecified atom stereocenters. The van der Waals surface area contributed by atoms with Crippen LogP contribution in [0.25, 0.3) is 11.0 Å². The van der Waals surface area contributed by atoms with Gasteiger partial charge in [-0.2, -0.15) is 0 Å². The zero-order valence-corrected chi connectivity index (χ0v) is 21.0. The Bertz CT molecular complexity index is 1520. The first-order chi connectivity index (χ1) is 17.9. The van der Waals surface area contributed by atoms with Crippen molar-refractivity contribution >= 4 is 22.7 Å². The lowest BCUT2D eigenvalue weighted by Crippen LogP contribution is -2.38. The average Bonchev–Trinajstić information content (AvgIpc) is 3.58. The van der Waals surface area contributed by atoms with E-state index in [1.54, 1.807) is 25.3 Å². The molecule has 7 nitrogen and oxygen atoms in total. The summed E-state index contributed by atoms with van der Waals surface area (Å²) < 4.78 is 17.4. The van der Waals surface area contributed by atoms with E-state index in [1.807, 2.05) is 25.1 Å². The number of nitrogens with one attached hydrogen (secondary N) is 1. The minimum atomic E-state index is -0.864. The number of carbonyl (C=O) groups excluding carboxylic acids is 2. The fourth-order valence-electron chi connectivity index (χ4n) is 6.03. The molecule has 2 aliphatic carbocycles. The molecule has 0 spiro atoms. The summed E-state index contributed by atoms with van der Waals surface area (Å²) in [6.07, 6.45) is 7.31. The molecule has 7 heteroatoms. The van der Waals surface area contributed by atoms with Crippen LogP contribution in [-0.2, 0) is 14.3 Å². The minimum absolute atomic E-state index is 0.121. The normalized spacial score (nSPS) is 22.4. The Morgan fingerprint density at radius 2 is 1.86 bits per heavy atom. The highest BCUT2D eigenvalue weighted by atomic mass is 16.5. The predicted octanol–water partition coefficient (Wildman–Crippen LogP) is 5.54. The molecule has 3 aromatic rings. The van der Waals surface area contributed by atoms with Crippen molar-refractivity contribution in [3.05, 3.63) is 92.5 Å². The molecule has 1 aromatic carbocycles. The molecule has 0 radical (unpaired) electrons. The van der Waals surface area contributed by atoms with Crippen LogP contribution in [0.3, 0.4) is 0 Å². The molecule has 0 amide bonds. The summed E-state index contributed by atoms with van der Waals surface area (Å²) in [5.74, 6) is -0.853. The van der Waals surface area contributed by atoms with E-state index in [0.29, 0.717) is 39.9 Å². The van der Waals surface area contributed by atoms with E-state index in [0.717, 1.165) is 37.0 Å². The number of esters is 1. The molecular formula is C30H29NO6. The van der Waals surface area contributed by atoms with Gasteiger partial charge in [-0.3, -0.25) is 9.59 Å². The lowest BCUT2D eigenvalue weighted by atomic mass is 9.72. The third kappa shape index (κ3) is 4.12. The minimum Gasteiger partial charge on any atom is -0.469 e. The fraction of sp³-hybridized carbons (Fsp3) is 0.367. The van der Waals surface area contributed by atoms with Crippen LogP contribution in [0.4, 0.5) is 0 Å². The van der Waals surface area contributed by atoms with E-state index < -0.39 is 11.9 Å². The molecule has 2 atom stereocenters. The molecule has 1 aliphatic heterocycles. The van der Waals surface area contributed by atoms with Gasteiger partial charge in [0.25, 0.3) is 0 Å². The number of hydrogen-bond acceptors (Lipinski definition) is 7. The lowest BCUT2D eigenvalue weighted by molar-refractivity contribution is -0.144. The summed E-state index contributed by atoms with van der Waals surface area (Å²) >= 11 is 0. The van der Waals surface area contributed by atoms with Gasteiger partial charge in [0.15, 0.2) is 11.2 Å². The van der Waals surface area contributed by atoms with Gasteiger partial charge in [0.2, 0.25) is 0 Å². The summed E-state index contributed by atoms with van der Waals surface area (Å²) in [5, 5.41) is 3.75. The number of allylic oxidation sites excluding steroid dienone is 3. The Hall–Kier alpha value is -3.87. The number of ether oxygens (including phenoxy) is 1. The number of hydrogen-bond donors (Lipinski definition) is 1. The van der Waals surface area contributed by atoms with Crippen LogP contribution in [0.2, 0.25) is 0 Å². The first-order valence-electron chi connectivity index (χ1n) is 12.9. The number of benzene rings is 1. The molecule has 1 N–H and O–H groups in total. The SMILES string of the molecule is CC1=C(C(=O)OC2CCCC2)[C@@H](c2coc3ccc(C)cc3c2=O)C2=C(C[C@@H](c3ccco3)CC2=O)N1. The van der Waals surface area contributed by atoms with Crippen LogP contribution in [0.1, 0.15) is 74.2 Å². The van der Waals surface area contributed by atoms with E-state index in [9.17, 15) is 14.4 Å². The highest BCUT2D eigenvalue weighted by Gasteiger charge is 2.43. The zero-order valence-electron chi connectivity index (χ0n) is 21.0. The van der Waals surface area contributed by atoms with Crippen molar-refractivity contribution in [1.82, 2.24) is 5.32 Å². The largest absolute Gasteiger partial charge is 0.469 e. The average molecular weight is 500 g/mol. The second kappa shape index (κ2) is 9.21. The summed E-state index contributed by atoms with van der Waals surface area (Å²) in [6.45, 7) is 3.71. The topological polar surface area (TPSA) is 98.8 Å². The summed E-state index contributed by atoms with van der Waals surface area (Å²) in [5.41, 5.74) is 3.44. The number of aryl methyl sites for hydroxylation is 1. The molecule has 2 aromatic heterocycles. The van der Waals surface area contributed by atoms with Gasteiger partial charge < -0.3 is 18.9 Å². The lowest BCUT2D eigenvalue weighted by Gasteiger charge is -2.36. The molecular weight excluding hydrogens is 470 g/mol. The number of carbonyl (C=O) groups is 2. The number of Topliss-reactive ketones (excluding diaryl/α,β-unsaturated/α-hetero) is 1. The Balaban J connectivity index is 1.49. The van der Waals surface area contributed by atoms with Crippen molar-refractivity contribution in [3.63, 3.8) is 0 Å². The summed E-state index contributed by atoms with van der Waals surface area (Å²) in [4.78, 5) is 41.2. The molecule has 190 valence electrons. The molecule has 0 bridgehead atoms. The highest BCUT2D eigenvalue weighted by Crippen LogP contribution is 2.45. The van der Waals surface area contributed by atoms with Crippen LogP contribution >= 0.6 is 0 Å². The van der Waals surface area contributed by atoms with Crippen molar-refractivity contribution in [3.8, 4) is 0 Å². The third-order valence-electron chi connectivity index (χ3n) is 7.83. The molecule has 3 aliphatic rings. The summed E-state index contributed by atoms with van der Waals surface area (Å²) in [7, 11) is 0. The highest BCUT2D eigenvalue weighted by molar-refractivity contribution is 6.04. The second-order valence-corrected chi connectivity index (χ2v) is 10.4. The molecule has 1 fully saturated rings. The standard InChI is InChI=1S/C30H29NO6/c1-16-9-10-25-20(12-16)29(33)21(15-36-25)27-26(30(34)37-19-6-3-4-7-19)17(2)31-22-13-18(14-23(32)28(22)27)24-8-5-11-35-24/h5,8-12,15,18-19,27,31H,3-4,6-7,13-14H2,1-2H3/t18-,27-/m1/s1. The second-order valence-electron chi connectivity index (χ2n) is 10.4. The molecule has 0 saturated heterocycles. The number of ketones is 1. The van der Waals surface area contributed by atoms with Gasteiger partial charge in [-0.1, -0.05) is 11.6 Å². The smallest absolute Gasteiger partial charge is 0.337 e. The maximum Gasteiger partial charge on any atom is 0.337 e. The van der Waals surface area contributed by atoms with Crippen LogP contribution < -0.4 is 10.7 Å². The van der Waals surface area contributed by atoms with E-state index in [-0.39, 0.29) is 35.2 Å². The van der Waals surface area contributed by atoms with Crippen LogP contribution in [-0.4, -0.2) is 17.9 Å². The first-order valence-corrected chi connectivity index (χ1v) is 12.9. The van der Waals surface area contributed by atoms with Gasteiger partial charge in [0.1, 0.15) is 17.4 Å². The Labute approximate surface area is 214 Å². The van der Waals surface area contributed by atoms with Crippen molar-refractivity contribution < 1.29 is 23.2 Å². The molecule has 3 heterocycles. The maximum atomic E-state index is 13.8. The Kier molecular flexibility index (Phi) is 5.86. The molecule has 37 heavy (non-hydrogen) atoms. The Morgan fingerprint density at radius 1 is 1.05 bits per heavy atom. The maximum absolute atomic E-state index is 13.8. The van der Waals surface area contributed by atoms with Crippen molar-refractivity contribution in [2.45, 2.75) is 70.3 Å². The van der Waals surface area contributed by atoms with Gasteiger partial charge in [-0.15, -0.1) is 0 Å². The van der Waals surface area contributed by atoms with E-state index in [2.05, 4.69) is 5.32 Å². The predicted molar refractivity (Wildman–Crippen MR) is 137 cm³/mol.